The fraction of sp³-hybridized carbons (Fsp3) is 0.111. The Balaban J connectivity index is 2.68. The van der Waals surface area contributed by atoms with E-state index < -0.39 is 0 Å². The van der Waals surface area contributed by atoms with Gasteiger partial charge in [0.25, 0.3) is 0 Å². The molecule has 60 valence electrons. The smallest absolute Gasteiger partial charge is 0.0845 e. The second kappa shape index (κ2) is 2.44. The van der Waals surface area contributed by atoms with Crippen LogP contribution in [0.1, 0.15) is 12.6 Å². The average Bonchev–Trinajstić information content (AvgIpc) is 2.49. The van der Waals surface area contributed by atoms with Gasteiger partial charge in [0.15, 0.2) is 0 Å². The predicted molar refractivity (Wildman–Crippen MR) is 47.7 cm³/mol. The molecule has 2 aromatic heterocycles. The summed E-state index contributed by atoms with van der Waals surface area (Å²) in [7, 11) is 0. The average molecular weight is 159 g/mol. The maximum Gasteiger partial charge on any atom is 0.0845 e. The highest BCUT2D eigenvalue weighted by Crippen LogP contribution is 2.08. The maximum atomic E-state index is 4.22. The van der Waals surface area contributed by atoms with E-state index in [0.29, 0.717) is 0 Å². The van der Waals surface area contributed by atoms with Crippen molar-refractivity contribution in [3.63, 3.8) is 0 Å². The molecule has 0 N–H and O–H groups in total. The molecular weight excluding hydrogens is 150 g/mol. The van der Waals surface area contributed by atoms with Gasteiger partial charge in [-0.1, -0.05) is 6.58 Å². The van der Waals surface area contributed by atoms with Crippen molar-refractivity contribution in [2.45, 2.75) is 6.92 Å². The summed E-state index contributed by atoms with van der Waals surface area (Å²) in [5.74, 6) is 0. The van der Waals surface area contributed by atoms with Crippen molar-refractivity contribution in [1.29, 1.82) is 0 Å². The topological polar surface area (TPSA) is 30.2 Å². The van der Waals surface area contributed by atoms with Crippen molar-refractivity contribution < 1.29 is 0 Å². The lowest BCUT2D eigenvalue weighted by Gasteiger charge is -1.98. The molecule has 0 fully saturated rings. The van der Waals surface area contributed by atoms with Crippen LogP contribution in [0, 0.1) is 0 Å². The molecule has 0 aliphatic heterocycles. The van der Waals surface area contributed by atoms with Crippen molar-refractivity contribution in [1.82, 2.24) is 14.6 Å². The van der Waals surface area contributed by atoms with Gasteiger partial charge in [-0.2, -0.15) is 5.10 Å². The molecular formula is C9H9N3. The lowest BCUT2D eigenvalue weighted by atomic mass is 10.2. The molecule has 0 radical (unpaired) electrons. The van der Waals surface area contributed by atoms with Crippen LogP contribution in [0.5, 0.6) is 0 Å². The molecule has 12 heavy (non-hydrogen) atoms. The molecule has 0 saturated heterocycles. The molecule has 0 saturated carbocycles. The van der Waals surface area contributed by atoms with Crippen molar-refractivity contribution >= 4 is 11.1 Å². The van der Waals surface area contributed by atoms with Gasteiger partial charge in [-0.05, 0) is 18.6 Å². The summed E-state index contributed by atoms with van der Waals surface area (Å²) in [6, 6.07) is 1.91. The SMILES string of the molecule is C=C(C)c1cn2nccc2cn1. The van der Waals surface area contributed by atoms with Gasteiger partial charge in [0.05, 0.1) is 29.8 Å². The maximum absolute atomic E-state index is 4.22. The van der Waals surface area contributed by atoms with E-state index >= 15 is 0 Å². The second-order valence-corrected chi connectivity index (χ2v) is 2.75. The van der Waals surface area contributed by atoms with Gasteiger partial charge < -0.3 is 0 Å². The molecule has 0 bridgehead atoms. The van der Waals surface area contributed by atoms with E-state index in [1.807, 2.05) is 19.2 Å². The molecule has 3 nitrogen and oxygen atoms in total. The molecule has 0 aliphatic rings. The van der Waals surface area contributed by atoms with Gasteiger partial charge >= 0.3 is 0 Å². The summed E-state index contributed by atoms with van der Waals surface area (Å²) < 4.78 is 1.79. The number of hydrogen-bond acceptors (Lipinski definition) is 2. The minimum Gasteiger partial charge on any atom is -0.253 e. The van der Waals surface area contributed by atoms with Crippen molar-refractivity contribution in [3.05, 3.63) is 36.9 Å². The van der Waals surface area contributed by atoms with Crippen molar-refractivity contribution in [2.24, 2.45) is 0 Å². The Kier molecular flexibility index (Phi) is 1.43. The van der Waals surface area contributed by atoms with Crippen molar-refractivity contribution in [3.8, 4) is 0 Å². The molecule has 2 rings (SSSR count). The minimum absolute atomic E-state index is 0.881. The number of rotatable bonds is 1. The normalized spacial score (nSPS) is 10.4. The van der Waals surface area contributed by atoms with E-state index in [1.165, 1.54) is 0 Å². The van der Waals surface area contributed by atoms with Crippen LogP contribution in [0.2, 0.25) is 0 Å². The highest BCUT2D eigenvalue weighted by Gasteiger charge is 1.97. The Morgan fingerprint density at radius 2 is 2.42 bits per heavy atom. The summed E-state index contributed by atoms with van der Waals surface area (Å²) in [4.78, 5) is 4.22. The summed E-state index contributed by atoms with van der Waals surface area (Å²) in [6.07, 6.45) is 5.41. The van der Waals surface area contributed by atoms with Gasteiger partial charge in [0, 0.05) is 0 Å². The van der Waals surface area contributed by atoms with E-state index in [1.54, 1.807) is 16.9 Å². The quantitative estimate of drug-likeness (QED) is 0.634. The van der Waals surface area contributed by atoms with E-state index in [9.17, 15) is 0 Å². The zero-order chi connectivity index (χ0) is 8.55. The van der Waals surface area contributed by atoms with Crippen LogP contribution in [0.25, 0.3) is 11.1 Å². The van der Waals surface area contributed by atoms with Crippen molar-refractivity contribution in [2.75, 3.05) is 0 Å². The van der Waals surface area contributed by atoms with Crippen LogP contribution in [0.3, 0.4) is 0 Å². The third-order valence-electron chi connectivity index (χ3n) is 1.72. The first kappa shape index (κ1) is 7.03. The third kappa shape index (κ3) is 0.993. The Bertz CT molecular complexity index is 428. The van der Waals surface area contributed by atoms with Crippen LogP contribution in [0.4, 0.5) is 0 Å². The third-order valence-corrected chi connectivity index (χ3v) is 1.72. The molecule has 0 spiro atoms. The van der Waals surface area contributed by atoms with Crippen LogP contribution in [-0.2, 0) is 0 Å². The van der Waals surface area contributed by atoms with E-state index in [4.69, 9.17) is 0 Å². The molecule has 0 unspecified atom stereocenters. The van der Waals surface area contributed by atoms with Gasteiger partial charge in [0.1, 0.15) is 0 Å². The van der Waals surface area contributed by atoms with Crippen LogP contribution in [0.15, 0.2) is 31.2 Å². The first-order valence-corrected chi connectivity index (χ1v) is 3.72. The number of fused-ring (bicyclic) bond motifs is 1. The number of aromatic nitrogens is 3. The first-order chi connectivity index (χ1) is 5.77. The number of hydrogen-bond donors (Lipinski definition) is 0. The Hall–Kier alpha value is -1.64. The molecule has 0 aliphatic carbocycles. The fourth-order valence-electron chi connectivity index (χ4n) is 1.04. The summed E-state index contributed by atoms with van der Waals surface area (Å²) in [6.45, 7) is 5.74. The summed E-state index contributed by atoms with van der Waals surface area (Å²) in [5.41, 5.74) is 2.83. The standard InChI is InChI=1S/C9H9N3/c1-7(2)9-6-12-8(5-10-9)3-4-11-12/h3-6H,1H2,2H3. The monoisotopic (exact) mass is 159 g/mol. The minimum atomic E-state index is 0.881. The zero-order valence-electron chi connectivity index (χ0n) is 6.86. The van der Waals surface area contributed by atoms with Gasteiger partial charge in [-0.25, -0.2) is 4.52 Å². The zero-order valence-corrected chi connectivity index (χ0v) is 6.86. The lowest BCUT2D eigenvalue weighted by molar-refractivity contribution is 0.939. The highest BCUT2D eigenvalue weighted by molar-refractivity contribution is 5.58. The summed E-state index contributed by atoms with van der Waals surface area (Å²) >= 11 is 0. The first-order valence-electron chi connectivity index (χ1n) is 3.72. The Morgan fingerprint density at radius 3 is 3.17 bits per heavy atom. The van der Waals surface area contributed by atoms with E-state index in [0.717, 1.165) is 16.8 Å². The van der Waals surface area contributed by atoms with Crippen LogP contribution < -0.4 is 0 Å². The number of nitrogens with zero attached hydrogens (tertiary/aromatic N) is 3. The highest BCUT2D eigenvalue weighted by atomic mass is 15.2. The largest absolute Gasteiger partial charge is 0.253 e. The Labute approximate surface area is 70.4 Å². The molecule has 3 heteroatoms. The fourth-order valence-corrected chi connectivity index (χ4v) is 1.04. The van der Waals surface area contributed by atoms with Gasteiger partial charge in [-0.15, -0.1) is 0 Å². The molecule has 2 heterocycles. The van der Waals surface area contributed by atoms with E-state index in [-0.39, 0.29) is 0 Å². The van der Waals surface area contributed by atoms with Crippen LogP contribution in [-0.4, -0.2) is 14.6 Å². The van der Waals surface area contributed by atoms with Crippen LogP contribution >= 0.6 is 0 Å². The number of allylic oxidation sites excluding steroid dienone is 1. The Morgan fingerprint density at radius 1 is 1.58 bits per heavy atom. The van der Waals surface area contributed by atoms with Gasteiger partial charge in [0.2, 0.25) is 0 Å². The molecule has 2 aromatic rings. The van der Waals surface area contributed by atoms with Gasteiger partial charge in [-0.3, -0.25) is 4.98 Å². The van der Waals surface area contributed by atoms with E-state index in [2.05, 4.69) is 16.7 Å². The summed E-state index contributed by atoms with van der Waals surface area (Å²) in [5, 5.41) is 4.10. The molecule has 0 amide bonds. The predicted octanol–water partition coefficient (Wildman–Crippen LogP) is 1.76. The molecule has 0 atom stereocenters. The lowest BCUT2D eigenvalue weighted by Crippen LogP contribution is -1.92. The molecule has 0 aromatic carbocycles. The second-order valence-electron chi connectivity index (χ2n) is 2.75.